The number of hydrogen-bond donors (Lipinski definition) is 2. The Morgan fingerprint density at radius 1 is 1.40 bits per heavy atom. The third-order valence-electron chi connectivity index (χ3n) is 2.70. The Hall–Kier alpha value is -0.610. The van der Waals surface area contributed by atoms with Gasteiger partial charge in [0.1, 0.15) is 5.60 Å². The van der Waals surface area contributed by atoms with Crippen LogP contribution in [-0.2, 0) is 9.53 Å². The highest BCUT2D eigenvalue weighted by molar-refractivity contribution is 5.77. The quantitative estimate of drug-likeness (QED) is 0.665. The average Bonchev–Trinajstić information content (AvgIpc) is 2.16. The van der Waals surface area contributed by atoms with Gasteiger partial charge in [0.2, 0.25) is 0 Å². The van der Waals surface area contributed by atoms with E-state index in [1.807, 2.05) is 20.8 Å². The van der Waals surface area contributed by atoms with Crippen LogP contribution < -0.4 is 5.32 Å². The van der Waals surface area contributed by atoms with Gasteiger partial charge in [-0.15, -0.1) is 0 Å². The number of carbonyl (C=O) groups is 1. The molecule has 88 valence electrons. The molecule has 0 saturated carbocycles. The second-order valence-electron chi connectivity index (χ2n) is 5.19. The van der Waals surface area contributed by atoms with Gasteiger partial charge in [0.25, 0.3) is 0 Å². The molecule has 0 aromatic carbocycles. The first-order valence-electron chi connectivity index (χ1n) is 5.45. The third kappa shape index (κ3) is 3.18. The maximum absolute atomic E-state index is 12.0. The van der Waals surface area contributed by atoms with Crippen molar-refractivity contribution in [1.29, 1.82) is 0 Å². The van der Waals surface area contributed by atoms with Crippen LogP contribution in [0.25, 0.3) is 0 Å². The molecule has 0 aromatic rings. The standard InChI is InChI=1S/C11H21NO3/c1-10(2,3)15-9(14)11(8-13)4-6-12-7-5-11/h12-13H,4-8H2,1-3H3. The van der Waals surface area contributed by atoms with E-state index in [1.165, 1.54) is 0 Å². The monoisotopic (exact) mass is 215 g/mol. The minimum absolute atomic E-state index is 0.121. The van der Waals surface area contributed by atoms with Gasteiger partial charge in [-0.2, -0.15) is 0 Å². The van der Waals surface area contributed by atoms with Crippen LogP contribution >= 0.6 is 0 Å². The van der Waals surface area contributed by atoms with E-state index in [4.69, 9.17) is 4.74 Å². The number of hydrogen-bond acceptors (Lipinski definition) is 4. The summed E-state index contributed by atoms with van der Waals surface area (Å²) in [6, 6.07) is 0. The molecule has 0 atom stereocenters. The largest absolute Gasteiger partial charge is 0.459 e. The number of aliphatic hydroxyl groups excluding tert-OH is 1. The molecule has 0 spiro atoms. The zero-order chi connectivity index (χ0) is 11.5. The summed E-state index contributed by atoms with van der Waals surface area (Å²) in [5, 5.41) is 12.6. The highest BCUT2D eigenvalue weighted by Crippen LogP contribution is 2.31. The summed E-state index contributed by atoms with van der Waals surface area (Å²) in [6.07, 6.45) is 1.30. The zero-order valence-corrected chi connectivity index (χ0v) is 9.80. The fourth-order valence-corrected chi connectivity index (χ4v) is 1.72. The van der Waals surface area contributed by atoms with Crippen molar-refractivity contribution >= 4 is 5.97 Å². The number of piperidine rings is 1. The molecule has 0 bridgehead atoms. The molecule has 0 amide bonds. The SMILES string of the molecule is CC(C)(C)OC(=O)C1(CO)CCNCC1. The summed E-state index contributed by atoms with van der Waals surface area (Å²) in [6.45, 7) is 6.94. The molecular formula is C11H21NO3. The smallest absolute Gasteiger partial charge is 0.315 e. The van der Waals surface area contributed by atoms with Crippen molar-refractivity contribution in [2.45, 2.75) is 39.2 Å². The topological polar surface area (TPSA) is 58.6 Å². The number of carbonyl (C=O) groups excluding carboxylic acids is 1. The summed E-state index contributed by atoms with van der Waals surface area (Å²) in [5.74, 6) is -0.265. The lowest BCUT2D eigenvalue weighted by Crippen LogP contribution is -2.47. The minimum atomic E-state index is -0.682. The van der Waals surface area contributed by atoms with Crippen molar-refractivity contribution in [2.24, 2.45) is 5.41 Å². The molecule has 4 nitrogen and oxygen atoms in total. The highest BCUT2D eigenvalue weighted by Gasteiger charge is 2.41. The maximum Gasteiger partial charge on any atom is 0.315 e. The zero-order valence-electron chi connectivity index (χ0n) is 9.80. The van der Waals surface area contributed by atoms with Crippen molar-refractivity contribution < 1.29 is 14.6 Å². The molecule has 2 N–H and O–H groups in total. The highest BCUT2D eigenvalue weighted by atomic mass is 16.6. The van der Waals surface area contributed by atoms with Gasteiger partial charge in [-0.05, 0) is 46.7 Å². The van der Waals surface area contributed by atoms with Crippen molar-refractivity contribution in [3.63, 3.8) is 0 Å². The Balaban J connectivity index is 2.68. The van der Waals surface area contributed by atoms with Crippen molar-refractivity contribution in [1.82, 2.24) is 5.32 Å². The van der Waals surface area contributed by atoms with Crippen molar-refractivity contribution in [2.75, 3.05) is 19.7 Å². The normalized spacial score (nSPS) is 21.1. The summed E-state index contributed by atoms with van der Waals surface area (Å²) in [4.78, 5) is 12.0. The van der Waals surface area contributed by atoms with Crippen LogP contribution in [0.1, 0.15) is 33.6 Å². The van der Waals surface area contributed by atoms with E-state index in [0.29, 0.717) is 12.8 Å². The third-order valence-corrected chi connectivity index (χ3v) is 2.70. The van der Waals surface area contributed by atoms with Crippen molar-refractivity contribution in [3.05, 3.63) is 0 Å². The molecule has 1 heterocycles. The van der Waals surface area contributed by atoms with E-state index < -0.39 is 11.0 Å². The first kappa shape index (κ1) is 12.5. The average molecular weight is 215 g/mol. The second-order valence-corrected chi connectivity index (χ2v) is 5.19. The Kier molecular flexibility index (Phi) is 3.73. The Morgan fingerprint density at radius 3 is 2.33 bits per heavy atom. The molecule has 1 saturated heterocycles. The maximum atomic E-state index is 12.0. The molecular weight excluding hydrogens is 194 g/mol. The molecule has 4 heteroatoms. The summed E-state index contributed by atoms with van der Waals surface area (Å²) in [7, 11) is 0. The lowest BCUT2D eigenvalue weighted by molar-refractivity contribution is -0.172. The Labute approximate surface area is 91.0 Å². The molecule has 0 radical (unpaired) electrons. The minimum Gasteiger partial charge on any atom is -0.459 e. The first-order chi connectivity index (χ1) is 6.90. The van der Waals surface area contributed by atoms with Crippen LogP contribution in [0.15, 0.2) is 0 Å². The molecule has 1 fully saturated rings. The lowest BCUT2D eigenvalue weighted by atomic mass is 9.79. The lowest BCUT2D eigenvalue weighted by Gasteiger charge is -2.35. The molecule has 1 rings (SSSR count). The van der Waals surface area contributed by atoms with Gasteiger partial charge < -0.3 is 15.2 Å². The predicted octanol–water partition coefficient (Wildman–Crippen LogP) is 0.690. The number of ether oxygens (including phenoxy) is 1. The number of esters is 1. The van der Waals surface area contributed by atoms with E-state index in [9.17, 15) is 9.90 Å². The molecule has 0 unspecified atom stereocenters. The van der Waals surface area contributed by atoms with Gasteiger partial charge in [0.15, 0.2) is 0 Å². The molecule has 0 aromatic heterocycles. The summed E-state index contributed by atoms with van der Waals surface area (Å²) in [5.41, 5.74) is -1.16. The van der Waals surface area contributed by atoms with Crippen LogP contribution in [0, 0.1) is 5.41 Å². The van der Waals surface area contributed by atoms with Gasteiger partial charge >= 0.3 is 5.97 Å². The van der Waals surface area contributed by atoms with E-state index in [2.05, 4.69) is 5.32 Å². The number of aliphatic hydroxyl groups is 1. The van der Waals surface area contributed by atoms with Gasteiger partial charge in [-0.3, -0.25) is 4.79 Å². The van der Waals surface area contributed by atoms with Crippen molar-refractivity contribution in [3.8, 4) is 0 Å². The fraction of sp³-hybridized carbons (Fsp3) is 0.909. The number of nitrogens with one attached hydrogen (secondary N) is 1. The van der Waals surface area contributed by atoms with Gasteiger partial charge in [-0.25, -0.2) is 0 Å². The van der Waals surface area contributed by atoms with Crippen LogP contribution in [0.5, 0.6) is 0 Å². The molecule has 1 aliphatic heterocycles. The molecule has 0 aliphatic carbocycles. The Bertz CT molecular complexity index is 226. The number of rotatable bonds is 2. The Morgan fingerprint density at radius 2 is 1.93 bits per heavy atom. The van der Waals surface area contributed by atoms with Crippen LogP contribution in [-0.4, -0.2) is 36.4 Å². The first-order valence-corrected chi connectivity index (χ1v) is 5.45. The van der Waals surface area contributed by atoms with E-state index in [0.717, 1.165) is 13.1 Å². The fourth-order valence-electron chi connectivity index (χ4n) is 1.72. The van der Waals surface area contributed by atoms with E-state index >= 15 is 0 Å². The molecule has 1 aliphatic rings. The van der Waals surface area contributed by atoms with Crippen LogP contribution in [0.4, 0.5) is 0 Å². The van der Waals surface area contributed by atoms with Gasteiger partial charge in [-0.1, -0.05) is 0 Å². The van der Waals surface area contributed by atoms with Gasteiger partial charge in [0, 0.05) is 0 Å². The van der Waals surface area contributed by atoms with Crippen LogP contribution in [0.3, 0.4) is 0 Å². The van der Waals surface area contributed by atoms with E-state index in [1.54, 1.807) is 0 Å². The summed E-state index contributed by atoms with van der Waals surface area (Å²) >= 11 is 0. The van der Waals surface area contributed by atoms with Gasteiger partial charge in [0.05, 0.1) is 12.0 Å². The molecule has 15 heavy (non-hydrogen) atoms. The second kappa shape index (κ2) is 4.49. The summed E-state index contributed by atoms with van der Waals surface area (Å²) < 4.78 is 5.34. The van der Waals surface area contributed by atoms with Crippen LogP contribution in [0.2, 0.25) is 0 Å². The van der Waals surface area contributed by atoms with E-state index in [-0.39, 0.29) is 12.6 Å². The predicted molar refractivity (Wildman–Crippen MR) is 57.5 cm³/mol.